The lowest BCUT2D eigenvalue weighted by atomic mass is 10.1. The van der Waals surface area contributed by atoms with Gasteiger partial charge < -0.3 is 21.3 Å². The maximum atomic E-state index is 13.4. The molecule has 0 radical (unpaired) electrons. The van der Waals surface area contributed by atoms with E-state index < -0.39 is 17.1 Å². The van der Waals surface area contributed by atoms with Gasteiger partial charge in [-0.3, -0.25) is 19.2 Å². The molecule has 4 amide bonds. The molecule has 8 nitrogen and oxygen atoms in total. The summed E-state index contributed by atoms with van der Waals surface area (Å²) < 4.78 is 0.891. The minimum atomic E-state index is -0.494. The van der Waals surface area contributed by atoms with Gasteiger partial charge in [0.25, 0.3) is 11.8 Å². The summed E-state index contributed by atoms with van der Waals surface area (Å²) in [6.07, 6.45) is 2.18. The van der Waals surface area contributed by atoms with Crippen molar-refractivity contribution >= 4 is 74.5 Å². The molecule has 0 saturated carbocycles. The largest absolute Gasteiger partial charge is 0.326 e. The number of halogens is 1. The Labute approximate surface area is 268 Å². The number of carbonyl (C=O) groups excluding carboxylic acids is 4. The van der Waals surface area contributed by atoms with E-state index in [1.807, 2.05) is 43.3 Å². The maximum Gasteiger partial charge on any atom is 0.272 e. The molecule has 1 atom stereocenters. The molecule has 0 aliphatic heterocycles. The first kappa shape index (κ1) is 32.2. The predicted molar refractivity (Wildman–Crippen MR) is 180 cm³/mol. The first-order chi connectivity index (χ1) is 21.2. The molecule has 0 aliphatic rings. The van der Waals surface area contributed by atoms with E-state index in [1.165, 1.54) is 18.7 Å². The van der Waals surface area contributed by atoms with Gasteiger partial charge in [0.05, 0.1) is 5.25 Å². The molecule has 4 rings (SSSR count). The Kier molecular flexibility index (Phi) is 11.5. The lowest BCUT2D eigenvalue weighted by Crippen LogP contribution is -2.30. The van der Waals surface area contributed by atoms with Crippen molar-refractivity contribution in [1.82, 2.24) is 5.32 Å². The van der Waals surface area contributed by atoms with Crippen LogP contribution in [0.5, 0.6) is 0 Å². The molecule has 44 heavy (non-hydrogen) atoms. The van der Waals surface area contributed by atoms with Crippen LogP contribution in [-0.2, 0) is 14.4 Å². The number of hydrogen-bond acceptors (Lipinski definition) is 5. The number of amides is 4. The zero-order valence-corrected chi connectivity index (χ0v) is 26.5. The van der Waals surface area contributed by atoms with Gasteiger partial charge in [-0.25, -0.2) is 0 Å². The number of rotatable bonds is 11. The summed E-state index contributed by atoms with van der Waals surface area (Å²) in [5, 5.41) is 10.8. The fourth-order valence-corrected chi connectivity index (χ4v) is 5.34. The SMILES string of the molecule is CCC(Sc1cccc(NC(=O)/C(=C/c2ccc(Br)cc2)NC(=O)c2ccccc2)c1)C(=O)Nc1ccc(NC(C)=O)cc1. The summed E-state index contributed by atoms with van der Waals surface area (Å²) in [5.41, 5.74) is 3.01. The molecule has 0 saturated heterocycles. The van der Waals surface area contributed by atoms with Gasteiger partial charge in [0.15, 0.2) is 0 Å². The molecule has 10 heteroatoms. The minimum Gasteiger partial charge on any atom is -0.326 e. The molecule has 0 spiro atoms. The quantitative estimate of drug-likeness (QED) is 0.0985. The van der Waals surface area contributed by atoms with Crippen molar-refractivity contribution in [3.63, 3.8) is 0 Å². The van der Waals surface area contributed by atoms with Crippen LogP contribution in [0, 0.1) is 0 Å². The van der Waals surface area contributed by atoms with Crippen LogP contribution in [-0.4, -0.2) is 28.9 Å². The number of anilines is 3. The number of benzene rings is 4. The molecule has 4 N–H and O–H groups in total. The van der Waals surface area contributed by atoms with E-state index in [0.29, 0.717) is 29.0 Å². The predicted octanol–water partition coefficient (Wildman–Crippen LogP) is 7.33. The van der Waals surface area contributed by atoms with Crippen molar-refractivity contribution in [1.29, 1.82) is 0 Å². The second-order valence-corrected chi connectivity index (χ2v) is 11.9. The minimum absolute atomic E-state index is 0.0783. The summed E-state index contributed by atoms with van der Waals surface area (Å²) in [5.74, 6) is -1.24. The fraction of sp³-hybridized carbons (Fsp3) is 0.118. The number of thioether (sulfide) groups is 1. The Hall–Kier alpha value is -4.67. The van der Waals surface area contributed by atoms with Crippen LogP contribution in [0.4, 0.5) is 17.1 Å². The molecule has 0 aliphatic carbocycles. The van der Waals surface area contributed by atoms with E-state index >= 15 is 0 Å². The van der Waals surface area contributed by atoms with Crippen molar-refractivity contribution in [2.75, 3.05) is 16.0 Å². The first-order valence-electron chi connectivity index (χ1n) is 13.8. The molecule has 224 valence electrons. The molecule has 0 heterocycles. The Balaban J connectivity index is 1.46. The van der Waals surface area contributed by atoms with Crippen molar-refractivity contribution in [2.45, 2.75) is 30.4 Å². The van der Waals surface area contributed by atoms with Crippen molar-refractivity contribution in [3.8, 4) is 0 Å². The second-order valence-electron chi connectivity index (χ2n) is 9.67. The van der Waals surface area contributed by atoms with Gasteiger partial charge in [0.1, 0.15) is 5.70 Å². The van der Waals surface area contributed by atoms with Crippen LogP contribution >= 0.6 is 27.7 Å². The highest BCUT2D eigenvalue weighted by atomic mass is 79.9. The highest BCUT2D eigenvalue weighted by molar-refractivity contribution is 9.10. The van der Waals surface area contributed by atoms with Crippen LogP contribution in [0.3, 0.4) is 0 Å². The highest BCUT2D eigenvalue weighted by Gasteiger charge is 2.19. The molecule has 4 aromatic rings. The van der Waals surface area contributed by atoms with Gasteiger partial charge in [-0.05, 0) is 84.8 Å². The lowest BCUT2D eigenvalue weighted by Gasteiger charge is -2.16. The average molecular weight is 672 g/mol. The zero-order chi connectivity index (χ0) is 31.5. The summed E-state index contributed by atoms with van der Waals surface area (Å²) >= 11 is 4.79. The second kappa shape index (κ2) is 15.7. The fourth-order valence-electron chi connectivity index (χ4n) is 4.06. The van der Waals surface area contributed by atoms with Gasteiger partial charge in [-0.1, -0.05) is 59.3 Å². The third-order valence-corrected chi connectivity index (χ3v) is 8.10. The van der Waals surface area contributed by atoms with E-state index in [0.717, 1.165) is 14.9 Å². The van der Waals surface area contributed by atoms with Crippen molar-refractivity contribution < 1.29 is 19.2 Å². The van der Waals surface area contributed by atoms with Crippen LogP contribution in [0.1, 0.15) is 36.2 Å². The zero-order valence-electron chi connectivity index (χ0n) is 24.1. The topological polar surface area (TPSA) is 116 Å². The Morgan fingerprint density at radius 1 is 0.773 bits per heavy atom. The number of carbonyl (C=O) groups is 4. The monoisotopic (exact) mass is 670 g/mol. The number of hydrogen-bond donors (Lipinski definition) is 4. The molecule has 0 aromatic heterocycles. The molecular weight excluding hydrogens is 640 g/mol. The van der Waals surface area contributed by atoms with Crippen molar-refractivity contribution in [2.24, 2.45) is 0 Å². The van der Waals surface area contributed by atoms with E-state index in [4.69, 9.17) is 0 Å². The van der Waals surface area contributed by atoms with Crippen LogP contribution in [0.15, 0.2) is 118 Å². The Bertz CT molecular complexity index is 1660. The first-order valence-corrected chi connectivity index (χ1v) is 15.5. The molecule has 0 fully saturated rings. The van der Waals surface area contributed by atoms with E-state index in [9.17, 15) is 19.2 Å². The van der Waals surface area contributed by atoms with Gasteiger partial charge in [0, 0.05) is 38.9 Å². The lowest BCUT2D eigenvalue weighted by molar-refractivity contribution is -0.116. The van der Waals surface area contributed by atoms with Gasteiger partial charge in [-0.15, -0.1) is 11.8 Å². The standard InChI is InChI=1S/C34H31BrN4O4S/c1-3-31(34(43)37-27-18-16-26(17-19-27)36-22(2)40)44-29-11-7-10-28(21-29)38-33(42)30(20-23-12-14-25(35)15-13-23)39-32(41)24-8-5-4-6-9-24/h4-21,31H,3H2,1-2H3,(H,36,40)(H,37,43)(H,38,42)(H,39,41)/b30-20-. The molecule has 1 unspecified atom stereocenters. The normalized spacial score (nSPS) is 11.7. The summed E-state index contributed by atoms with van der Waals surface area (Å²) in [7, 11) is 0. The van der Waals surface area contributed by atoms with Crippen LogP contribution in [0.2, 0.25) is 0 Å². The van der Waals surface area contributed by atoms with E-state index in [-0.39, 0.29) is 17.5 Å². The maximum absolute atomic E-state index is 13.4. The Morgan fingerprint density at radius 3 is 2.07 bits per heavy atom. The van der Waals surface area contributed by atoms with Crippen LogP contribution < -0.4 is 21.3 Å². The third-order valence-electron chi connectivity index (χ3n) is 6.22. The summed E-state index contributed by atoms with van der Waals surface area (Å²) in [4.78, 5) is 51.4. The smallest absolute Gasteiger partial charge is 0.272 e. The van der Waals surface area contributed by atoms with Gasteiger partial charge >= 0.3 is 0 Å². The average Bonchev–Trinajstić information content (AvgIpc) is 3.01. The Morgan fingerprint density at radius 2 is 1.43 bits per heavy atom. The molecule has 0 bridgehead atoms. The third kappa shape index (κ3) is 9.68. The van der Waals surface area contributed by atoms with Crippen LogP contribution in [0.25, 0.3) is 6.08 Å². The molecular formula is C34H31BrN4O4S. The number of nitrogens with one attached hydrogen (secondary N) is 4. The summed E-state index contributed by atoms with van der Waals surface area (Å²) in [6.45, 7) is 3.36. The van der Waals surface area contributed by atoms with E-state index in [1.54, 1.807) is 72.8 Å². The van der Waals surface area contributed by atoms with Crippen molar-refractivity contribution in [3.05, 3.63) is 124 Å². The molecule has 4 aromatic carbocycles. The summed E-state index contributed by atoms with van der Waals surface area (Å²) in [6, 6.07) is 30.1. The highest BCUT2D eigenvalue weighted by Crippen LogP contribution is 2.29. The van der Waals surface area contributed by atoms with E-state index in [2.05, 4.69) is 37.2 Å². The van der Waals surface area contributed by atoms with Gasteiger partial charge in [-0.2, -0.15) is 0 Å². The van der Waals surface area contributed by atoms with Gasteiger partial charge in [0.2, 0.25) is 11.8 Å².